The predicted molar refractivity (Wildman–Crippen MR) is 71.3 cm³/mol. The summed E-state index contributed by atoms with van der Waals surface area (Å²) in [6.45, 7) is 3.93. The van der Waals surface area contributed by atoms with Gasteiger partial charge < -0.3 is 5.32 Å². The lowest BCUT2D eigenvalue weighted by Crippen LogP contribution is -2.46. The van der Waals surface area contributed by atoms with Gasteiger partial charge in [0.15, 0.2) is 0 Å². The van der Waals surface area contributed by atoms with Gasteiger partial charge in [-0.15, -0.1) is 0 Å². The zero-order chi connectivity index (χ0) is 13.2. The Kier molecular flexibility index (Phi) is 3.36. The van der Waals surface area contributed by atoms with E-state index in [9.17, 15) is 4.79 Å². The number of allylic oxidation sites excluding steroid dienone is 2. The van der Waals surface area contributed by atoms with Crippen LogP contribution in [-0.4, -0.2) is 21.2 Å². The van der Waals surface area contributed by atoms with Crippen molar-refractivity contribution in [2.75, 3.05) is 0 Å². The molecular formula is C14H19N3O. The smallest absolute Gasteiger partial charge is 0.255 e. The molecule has 1 aromatic heterocycles. The van der Waals surface area contributed by atoms with Gasteiger partial charge in [0, 0.05) is 13.2 Å². The van der Waals surface area contributed by atoms with Crippen molar-refractivity contribution in [3.05, 3.63) is 41.8 Å². The molecule has 0 aromatic carbocycles. The second-order valence-electron chi connectivity index (χ2n) is 4.76. The molecule has 1 amide bonds. The van der Waals surface area contributed by atoms with Crippen LogP contribution in [0.15, 0.2) is 30.5 Å². The molecule has 1 unspecified atom stereocenters. The number of carbonyl (C=O) groups is 1. The maximum absolute atomic E-state index is 12.3. The second kappa shape index (κ2) is 4.80. The Labute approximate surface area is 107 Å². The fraction of sp³-hybridized carbons (Fsp3) is 0.429. The van der Waals surface area contributed by atoms with Gasteiger partial charge in [-0.1, -0.05) is 31.2 Å². The average molecular weight is 245 g/mol. The zero-order valence-corrected chi connectivity index (χ0v) is 11.1. The van der Waals surface area contributed by atoms with E-state index in [4.69, 9.17) is 0 Å². The molecule has 0 fully saturated rings. The van der Waals surface area contributed by atoms with E-state index >= 15 is 0 Å². The van der Waals surface area contributed by atoms with Crippen LogP contribution in [0, 0.1) is 6.92 Å². The number of nitrogens with one attached hydrogen (secondary N) is 1. The summed E-state index contributed by atoms with van der Waals surface area (Å²) in [4.78, 5) is 12.3. The number of aromatic nitrogens is 2. The largest absolute Gasteiger partial charge is 0.343 e. The van der Waals surface area contributed by atoms with E-state index in [1.807, 2.05) is 26.1 Å². The highest BCUT2D eigenvalue weighted by Crippen LogP contribution is 2.22. The first-order valence-electron chi connectivity index (χ1n) is 6.23. The Morgan fingerprint density at radius 1 is 1.56 bits per heavy atom. The average Bonchev–Trinajstić information content (AvgIpc) is 2.70. The van der Waals surface area contributed by atoms with Crippen LogP contribution < -0.4 is 5.32 Å². The molecular weight excluding hydrogens is 226 g/mol. The Bertz CT molecular complexity index is 513. The number of rotatable bonds is 3. The number of hydrogen-bond acceptors (Lipinski definition) is 2. The van der Waals surface area contributed by atoms with Crippen molar-refractivity contribution < 1.29 is 4.79 Å². The first-order chi connectivity index (χ1) is 8.56. The third-order valence-electron chi connectivity index (χ3n) is 3.40. The molecule has 0 aliphatic heterocycles. The lowest BCUT2D eigenvalue weighted by atomic mass is 9.88. The summed E-state index contributed by atoms with van der Waals surface area (Å²) in [5.74, 6) is -0.0533. The van der Waals surface area contributed by atoms with Gasteiger partial charge in [-0.3, -0.25) is 9.48 Å². The molecule has 1 aromatic rings. The van der Waals surface area contributed by atoms with Crippen LogP contribution in [0.1, 0.15) is 35.8 Å². The van der Waals surface area contributed by atoms with Crippen LogP contribution in [-0.2, 0) is 7.05 Å². The number of nitrogens with zero attached hydrogens (tertiary/aromatic N) is 2. The third-order valence-corrected chi connectivity index (χ3v) is 3.40. The van der Waals surface area contributed by atoms with Gasteiger partial charge in [0.1, 0.15) is 0 Å². The molecule has 1 heterocycles. The molecule has 2 rings (SSSR count). The summed E-state index contributed by atoms with van der Waals surface area (Å²) < 4.78 is 1.67. The van der Waals surface area contributed by atoms with Crippen molar-refractivity contribution in [3.63, 3.8) is 0 Å². The van der Waals surface area contributed by atoms with E-state index in [0.29, 0.717) is 5.56 Å². The van der Waals surface area contributed by atoms with Crippen molar-refractivity contribution in [1.29, 1.82) is 0 Å². The molecule has 0 radical (unpaired) electrons. The Balaban J connectivity index is 2.18. The fourth-order valence-corrected chi connectivity index (χ4v) is 2.22. The third kappa shape index (κ3) is 2.37. The molecule has 1 aliphatic carbocycles. The molecule has 1 N–H and O–H groups in total. The van der Waals surface area contributed by atoms with E-state index in [1.165, 1.54) is 0 Å². The van der Waals surface area contributed by atoms with Gasteiger partial charge in [0.25, 0.3) is 5.91 Å². The van der Waals surface area contributed by atoms with Crippen molar-refractivity contribution in [3.8, 4) is 0 Å². The van der Waals surface area contributed by atoms with Gasteiger partial charge >= 0.3 is 0 Å². The summed E-state index contributed by atoms with van der Waals surface area (Å²) >= 11 is 0. The molecule has 0 saturated heterocycles. The topological polar surface area (TPSA) is 46.9 Å². The maximum Gasteiger partial charge on any atom is 0.255 e. The maximum atomic E-state index is 12.3. The van der Waals surface area contributed by atoms with Gasteiger partial charge in [-0.25, -0.2) is 0 Å². The molecule has 96 valence electrons. The predicted octanol–water partition coefficient (Wildman–Crippen LogP) is 2.12. The summed E-state index contributed by atoms with van der Waals surface area (Å²) in [5, 5.41) is 7.32. The van der Waals surface area contributed by atoms with Crippen molar-refractivity contribution in [2.24, 2.45) is 7.05 Å². The number of aryl methyl sites for hydroxylation is 2. The summed E-state index contributed by atoms with van der Waals surface area (Å²) in [6.07, 6.45) is 11.6. The lowest BCUT2D eigenvalue weighted by Gasteiger charge is -2.31. The SMILES string of the molecule is CCC1(NC(=O)c2cn(C)nc2C)C=CC=CC1. The Hall–Kier alpha value is -1.84. The van der Waals surface area contributed by atoms with Crippen LogP contribution in [0.4, 0.5) is 0 Å². The highest BCUT2D eigenvalue weighted by molar-refractivity contribution is 5.95. The molecule has 18 heavy (non-hydrogen) atoms. The number of amides is 1. The minimum atomic E-state index is -0.256. The quantitative estimate of drug-likeness (QED) is 0.886. The number of hydrogen-bond donors (Lipinski definition) is 1. The van der Waals surface area contributed by atoms with Gasteiger partial charge in [-0.05, 0) is 19.8 Å². The molecule has 1 aliphatic rings. The van der Waals surface area contributed by atoms with E-state index < -0.39 is 0 Å². The Morgan fingerprint density at radius 3 is 2.83 bits per heavy atom. The first-order valence-corrected chi connectivity index (χ1v) is 6.23. The van der Waals surface area contributed by atoms with E-state index in [-0.39, 0.29) is 11.4 Å². The van der Waals surface area contributed by atoms with Crippen molar-refractivity contribution >= 4 is 5.91 Å². The van der Waals surface area contributed by atoms with Gasteiger partial charge in [-0.2, -0.15) is 5.10 Å². The van der Waals surface area contributed by atoms with Gasteiger partial charge in [0.05, 0.1) is 16.8 Å². The van der Waals surface area contributed by atoms with Crippen LogP contribution in [0.3, 0.4) is 0 Å². The second-order valence-corrected chi connectivity index (χ2v) is 4.76. The molecule has 4 heteroatoms. The monoisotopic (exact) mass is 245 g/mol. The van der Waals surface area contributed by atoms with E-state index in [1.54, 1.807) is 10.9 Å². The minimum absolute atomic E-state index is 0.0533. The summed E-state index contributed by atoms with van der Waals surface area (Å²) in [7, 11) is 1.82. The highest BCUT2D eigenvalue weighted by atomic mass is 16.1. The van der Waals surface area contributed by atoms with Crippen LogP contribution in [0.25, 0.3) is 0 Å². The highest BCUT2D eigenvalue weighted by Gasteiger charge is 2.28. The molecule has 0 spiro atoms. The zero-order valence-electron chi connectivity index (χ0n) is 11.1. The lowest BCUT2D eigenvalue weighted by molar-refractivity contribution is 0.0914. The standard InChI is InChI=1S/C14H19N3O/c1-4-14(8-6-5-7-9-14)15-13(18)12-10-17(3)16-11(12)2/h5-8,10H,4,9H2,1-3H3,(H,15,18). The molecule has 4 nitrogen and oxygen atoms in total. The van der Waals surface area contributed by atoms with E-state index in [0.717, 1.165) is 18.5 Å². The van der Waals surface area contributed by atoms with Crippen LogP contribution >= 0.6 is 0 Å². The number of carbonyl (C=O) groups excluding carboxylic acids is 1. The molecule has 1 atom stereocenters. The van der Waals surface area contributed by atoms with Crippen LogP contribution in [0.5, 0.6) is 0 Å². The van der Waals surface area contributed by atoms with Crippen molar-refractivity contribution in [1.82, 2.24) is 15.1 Å². The first kappa shape index (κ1) is 12.6. The molecule has 0 bridgehead atoms. The van der Waals surface area contributed by atoms with E-state index in [2.05, 4.69) is 29.5 Å². The fourth-order valence-electron chi connectivity index (χ4n) is 2.22. The summed E-state index contributed by atoms with van der Waals surface area (Å²) in [6, 6.07) is 0. The Morgan fingerprint density at radius 2 is 2.33 bits per heavy atom. The molecule has 0 saturated carbocycles. The summed E-state index contributed by atoms with van der Waals surface area (Å²) in [5.41, 5.74) is 1.15. The van der Waals surface area contributed by atoms with Gasteiger partial charge in [0.2, 0.25) is 0 Å². The van der Waals surface area contributed by atoms with Crippen molar-refractivity contribution in [2.45, 2.75) is 32.2 Å². The normalized spacial score (nSPS) is 22.2. The van der Waals surface area contributed by atoms with Crippen LogP contribution in [0.2, 0.25) is 0 Å². The minimum Gasteiger partial charge on any atom is -0.343 e.